The maximum absolute atomic E-state index is 11.9. The van der Waals surface area contributed by atoms with E-state index in [1.807, 2.05) is 20.8 Å². The van der Waals surface area contributed by atoms with Crippen LogP contribution in [0.4, 0.5) is 0 Å². The van der Waals surface area contributed by atoms with E-state index in [0.29, 0.717) is 5.56 Å². The van der Waals surface area contributed by atoms with Gasteiger partial charge in [0.05, 0.1) is 5.60 Å². The summed E-state index contributed by atoms with van der Waals surface area (Å²) in [4.78, 5) is 23.7. The fourth-order valence-corrected chi connectivity index (χ4v) is 1.79. The van der Waals surface area contributed by atoms with Gasteiger partial charge in [0, 0.05) is 12.1 Å². The minimum Gasteiger partial charge on any atom is -0.388 e. The number of Topliss-reactive ketones (excluding diaryl/α,β-unsaturated/α-hetero) is 1. The van der Waals surface area contributed by atoms with Crippen LogP contribution in [0.2, 0.25) is 0 Å². The molecule has 2 N–H and O–H groups in total. The van der Waals surface area contributed by atoms with Crippen LogP contribution < -0.4 is 5.32 Å². The number of aliphatic hydroxyl groups is 1. The van der Waals surface area contributed by atoms with Gasteiger partial charge in [-0.1, -0.05) is 50.1 Å². The van der Waals surface area contributed by atoms with Gasteiger partial charge in [-0.3, -0.25) is 9.59 Å². The molecule has 0 aliphatic carbocycles. The lowest BCUT2D eigenvalue weighted by molar-refractivity contribution is -0.118. The summed E-state index contributed by atoms with van der Waals surface area (Å²) in [7, 11) is 0. The Labute approximate surface area is 120 Å². The molecule has 2 unspecified atom stereocenters. The van der Waals surface area contributed by atoms with Crippen molar-refractivity contribution < 1.29 is 14.7 Å². The minimum atomic E-state index is -1.02. The lowest BCUT2D eigenvalue weighted by atomic mass is 9.88. The SMILES string of the molecule is CCC(C)C(C)(O)CNC(=O)C(=O)c1ccc(C)cc1. The molecular weight excluding hydrogens is 254 g/mol. The second-order valence-electron chi connectivity index (χ2n) is 5.54. The zero-order chi connectivity index (χ0) is 15.3. The highest BCUT2D eigenvalue weighted by Crippen LogP contribution is 2.18. The van der Waals surface area contributed by atoms with Crippen LogP contribution in [0.15, 0.2) is 24.3 Å². The van der Waals surface area contributed by atoms with Gasteiger partial charge in [-0.2, -0.15) is 0 Å². The van der Waals surface area contributed by atoms with Gasteiger partial charge < -0.3 is 10.4 Å². The number of ketones is 1. The molecule has 0 radical (unpaired) electrons. The van der Waals surface area contributed by atoms with E-state index in [1.165, 1.54) is 0 Å². The van der Waals surface area contributed by atoms with Crippen molar-refractivity contribution in [3.63, 3.8) is 0 Å². The molecule has 1 amide bonds. The number of hydrogen-bond acceptors (Lipinski definition) is 3. The highest BCUT2D eigenvalue weighted by molar-refractivity contribution is 6.42. The lowest BCUT2D eigenvalue weighted by Crippen LogP contribution is -2.46. The van der Waals surface area contributed by atoms with Crippen molar-refractivity contribution in [1.82, 2.24) is 5.32 Å². The molecule has 20 heavy (non-hydrogen) atoms. The van der Waals surface area contributed by atoms with E-state index < -0.39 is 17.3 Å². The third-order valence-electron chi connectivity index (χ3n) is 3.80. The number of carbonyl (C=O) groups is 2. The second kappa shape index (κ2) is 6.66. The largest absolute Gasteiger partial charge is 0.388 e. The van der Waals surface area contributed by atoms with Crippen molar-refractivity contribution in [2.24, 2.45) is 5.92 Å². The van der Waals surface area contributed by atoms with E-state index in [0.717, 1.165) is 12.0 Å². The Morgan fingerprint density at radius 3 is 2.35 bits per heavy atom. The Bertz CT molecular complexity index is 477. The van der Waals surface area contributed by atoms with Crippen LogP contribution in [0, 0.1) is 12.8 Å². The van der Waals surface area contributed by atoms with Gasteiger partial charge in [-0.05, 0) is 19.8 Å². The zero-order valence-corrected chi connectivity index (χ0v) is 12.6. The maximum atomic E-state index is 11.9. The quantitative estimate of drug-likeness (QED) is 0.618. The summed E-state index contributed by atoms with van der Waals surface area (Å²) in [5, 5.41) is 12.7. The molecule has 1 rings (SSSR count). The number of rotatable bonds is 6. The van der Waals surface area contributed by atoms with E-state index in [4.69, 9.17) is 0 Å². The Hall–Kier alpha value is -1.68. The first-order chi connectivity index (χ1) is 9.27. The predicted molar refractivity (Wildman–Crippen MR) is 78.6 cm³/mol. The summed E-state index contributed by atoms with van der Waals surface area (Å²) in [6, 6.07) is 6.83. The number of benzene rings is 1. The van der Waals surface area contributed by atoms with Crippen LogP contribution in [-0.2, 0) is 4.79 Å². The van der Waals surface area contributed by atoms with Crippen molar-refractivity contribution in [3.05, 3.63) is 35.4 Å². The van der Waals surface area contributed by atoms with Crippen LogP contribution in [0.25, 0.3) is 0 Å². The monoisotopic (exact) mass is 277 g/mol. The van der Waals surface area contributed by atoms with Gasteiger partial charge in [0.2, 0.25) is 5.78 Å². The van der Waals surface area contributed by atoms with Crippen LogP contribution in [-0.4, -0.2) is 28.9 Å². The summed E-state index contributed by atoms with van der Waals surface area (Å²) in [6.45, 7) is 7.53. The lowest BCUT2D eigenvalue weighted by Gasteiger charge is -2.29. The number of carbonyl (C=O) groups excluding carboxylic acids is 2. The third-order valence-corrected chi connectivity index (χ3v) is 3.80. The van der Waals surface area contributed by atoms with E-state index in [9.17, 15) is 14.7 Å². The van der Waals surface area contributed by atoms with Gasteiger partial charge in [0.25, 0.3) is 5.91 Å². The topological polar surface area (TPSA) is 66.4 Å². The standard InChI is InChI=1S/C16H23NO3/c1-5-12(3)16(4,20)10-17-15(19)14(18)13-8-6-11(2)7-9-13/h6-9,12,20H,5,10H2,1-4H3,(H,17,19). The van der Waals surface area contributed by atoms with Gasteiger partial charge >= 0.3 is 0 Å². The van der Waals surface area contributed by atoms with Crippen LogP contribution in [0.1, 0.15) is 43.1 Å². The van der Waals surface area contributed by atoms with E-state index >= 15 is 0 Å². The van der Waals surface area contributed by atoms with Gasteiger partial charge in [-0.25, -0.2) is 0 Å². The predicted octanol–water partition coefficient (Wildman–Crippen LogP) is 2.09. The maximum Gasteiger partial charge on any atom is 0.292 e. The molecule has 4 heteroatoms. The number of hydrogen-bond donors (Lipinski definition) is 2. The number of amides is 1. The molecule has 0 bridgehead atoms. The zero-order valence-electron chi connectivity index (χ0n) is 12.6. The van der Waals surface area contributed by atoms with Crippen molar-refractivity contribution in [2.75, 3.05) is 6.54 Å². The van der Waals surface area contributed by atoms with Crippen molar-refractivity contribution in [3.8, 4) is 0 Å². The molecule has 0 saturated carbocycles. The summed E-state index contributed by atoms with van der Waals surface area (Å²) >= 11 is 0. The van der Waals surface area contributed by atoms with Crippen molar-refractivity contribution >= 4 is 11.7 Å². The van der Waals surface area contributed by atoms with Crippen molar-refractivity contribution in [1.29, 1.82) is 0 Å². The molecule has 1 aromatic rings. The number of aryl methyl sites for hydroxylation is 1. The first-order valence-corrected chi connectivity index (χ1v) is 6.89. The Morgan fingerprint density at radius 2 is 1.85 bits per heavy atom. The van der Waals surface area contributed by atoms with Gasteiger partial charge in [0.15, 0.2) is 0 Å². The molecule has 0 heterocycles. The molecule has 0 aromatic heterocycles. The van der Waals surface area contributed by atoms with Crippen LogP contribution in [0.3, 0.4) is 0 Å². The Balaban J connectivity index is 2.63. The minimum absolute atomic E-state index is 0.0391. The fourth-order valence-electron chi connectivity index (χ4n) is 1.79. The third kappa shape index (κ3) is 4.17. The molecule has 0 saturated heterocycles. The fraction of sp³-hybridized carbons (Fsp3) is 0.500. The summed E-state index contributed by atoms with van der Waals surface area (Å²) in [5.41, 5.74) is 0.371. The summed E-state index contributed by atoms with van der Waals surface area (Å²) < 4.78 is 0. The molecule has 4 nitrogen and oxygen atoms in total. The first-order valence-electron chi connectivity index (χ1n) is 6.89. The van der Waals surface area contributed by atoms with Crippen LogP contribution in [0.5, 0.6) is 0 Å². The molecular formula is C16H23NO3. The molecule has 0 aliphatic heterocycles. The highest BCUT2D eigenvalue weighted by Gasteiger charge is 2.28. The Kier molecular flexibility index (Phi) is 5.45. The summed E-state index contributed by atoms with van der Waals surface area (Å²) in [6.07, 6.45) is 0.800. The molecule has 0 spiro atoms. The number of nitrogens with one attached hydrogen (secondary N) is 1. The smallest absolute Gasteiger partial charge is 0.292 e. The Morgan fingerprint density at radius 1 is 1.30 bits per heavy atom. The van der Waals surface area contributed by atoms with Gasteiger partial charge in [-0.15, -0.1) is 0 Å². The summed E-state index contributed by atoms with van der Waals surface area (Å²) in [5.74, 6) is -1.22. The molecule has 2 atom stereocenters. The molecule has 0 fully saturated rings. The highest BCUT2D eigenvalue weighted by atomic mass is 16.3. The average molecular weight is 277 g/mol. The second-order valence-corrected chi connectivity index (χ2v) is 5.54. The normalized spacial score (nSPS) is 15.2. The van der Waals surface area contributed by atoms with E-state index in [-0.39, 0.29) is 12.5 Å². The van der Waals surface area contributed by atoms with E-state index in [1.54, 1.807) is 31.2 Å². The average Bonchev–Trinajstić information content (AvgIpc) is 2.43. The van der Waals surface area contributed by atoms with Crippen molar-refractivity contribution in [2.45, 2.75) is 39.7 Å². The molecule has 110 valence electrons. The molecule has 1 aromatic carbocycles. The van der Waals surface area contributed by atoms with E-state index in [2.05, 4.69) is 5.32 Å². The molecule has 0 aliphatic rings. The van der Waals surface area contributed by atoms with Gasteiger partial charge in [0.1, 0.15) is 0 Å². The van der Waals surface area contributed by atoms with Crippen LogP contribution >= 0.6 is 0 Å². The first kappa shape index (κ1) is 16.4.